The van der Waals surface area contributed by atoms with Gasteiger partial charge in [0.05, 0.1) is 19.1 Å². The zero-order valence-corrected chi connectivity index (χ0v) is 25.1. The monoisotopic (exact) mass is 619 g/mol. The second-order valence-corrected chi connectivity index (χ2v) is 12.9. The van der Waals surface area contributed by atoms with Crippen LogP contribution in [0.3, 0.4) is 0 Å². The molecular weight excluding hydrogens is 578 g/mol. The Morgan fingerprint density at radius 1 is 1.11 bits per heavy atom. The predicted molar refractivity (Wildman–Crippen MR) is 151 cm³/mol. The minimum Gasteiger partial charge on any atom is -0.478 e. The van der Waals surface area contributed by atoms with Crippen molar-refractivity contribution in [1.29, 1.82) is 0 Å². The van der Waals surface area contributed by atoms with Gasteiger partial charge >= 0.3 is 17.9 Å². The molecule has 8 atom stereocenters. The lowest BCUT2D eigenvalue weighted by atomic mass is 9.46. The number of esters is 2. The van der Waals surface area contributed by atoms with Crippen molar-refractivity contribution in [2.45, 2.75) is 90.3 Å². The van der Waals surface area contributed by atoms with Crippen molar-refractivity contribution in [2.75, 3.05) is 13.2 Å². The Balaban J connectivity index is 1.28. The summed E-state index contributed by atoms with van der Waals surface area (Å²) in [6, 6.07) is 0. The molecule has 0 radical (unpaired) electrons. The van der Waals surface area contributed by atoms with Gasteiger partial charge in [-0.05, 0) is 74.3 Å². The van der Waals surface area contributed by atoms with Crippen LogP contribution in [-0.4, -0.2) is 70.2 Å². The van der Waals surface area contributed by atoms with Crippen LogP contribution in [-0.2, 0) is 38.3 Å². The van der Waals surface area contributed by atoms with Crippen LogP contribution in [0.25, 0.3) is 0 Å². The van der Waals surface area contributed by atoms with Crippen molar-refractivity contribution >= 4 is 29.5 Å². The molecule has 8 unspecified atom stereocenters. The number of ether oxygens (including phenoxy) is 2. The molecule has 0 aromatic heterocycles. The summed E-state index contributed by atoms with van der Waals surface area (Å²) in [4.78, 5) is 75.8. The molecule has 13 heteroatoms. The number of carboxylic acid groups (broad SMARTS) is 1. The maximum absolute atomic E-state index is 13.4. The number of unbranched alkanes of at least 4 members (excludes halogenated alkanes) is 2. The second kappa shape index (κ2) is 13.6. The number of rotatable bonds is 14. The van der Waals surface area contributed by atoms with E-state index < -0.39 is 65.0 Å². The molecule has 2 N–H and O–H groups in total. The first-order valence-corrected chi connectivity index (χ1v) is 15.3. The lowest BCUT2D eigenvalue weighted by Gasteiger charge is -2.58. The van der Waals surface area contributed by atoms with Crippen molar-refractivity contribution < 1.29 is 53.6 Å². The van der Waals surface area contributed by atoms with E-state index >= 15 is 0 Å². The minimum absolute atomic E-state index is 0.0322. The predicted octanol–water partition coefficient (Wildman–Crippen LogP) is 3.15. The summed E-state index contributed by atoms with van der Waals surface area (Å²) in [5, 5.41) is 30.1. The van der Waals surface area contributed by atoms with Gasteiger partial charge in [0.2, 0.25) is 6.10 Å². The van der Waals surface area contributed by atoms with Crippen LogP contribution in [0.4, 0.5) is 0 Å². The Labute approximate surface area is 255 Å². The largest absolute Gasteiger partial charge is 0.478 e. The smallest absolute Gasteiger partial charge is 0.345 e. The fourth-order valence-corrected chi connectivity index (χ4v) is 8.40. The molecule has 3 fully saturated rings. The summed E-state index contributed by atoms with van der Waals surface area (Å²) in [7, 11) is 0. The van der Waals surface area contributed by atoms with E-state index in [1.165, 1.54) is 0 Å². The molecule has 4 rings (SSSR count). The van der Waals surface area contributed by atoms with E-state index in [1.54, 1.807) is 12.2 Å². The number of allylic oxidation sites excluding steroid dienone is 4. The number of aliphatic carboxylic acids is 1. The van der Waals surface area contributed by atoms with Crippen LogP contribution in [0.2, 0.25) is 0 Å². The van der Waals surface area contributed by atoms with E-state index in [9.17, 15) is 44.3 Å². The summed E-state index contributed by atoms with van der Waals surface area (Å²) >= 11 is 0. The summed E-state index contributed by atoms with van der Waals surface area (Å²) in [5.74, 6) is -3.83. The molecule has 44 heavy (non-hydrogen) atoms. The van der Waals surface area contributed by atoms with Crippen molar-refractivity contribution in [1.82, 2.24) is 0 Å². The summed E-state index contributed by atoms with van der Waals surface area (Å²) in [6.07, 6.45) is 6.27. The van der Waals surface area contributed by atoms with Crippen molar-refractivity contribution in [3.05, 3.63) is 33.9 Å². The number of hydrogen-bond acceptors (Lipinski definition) is 11. The van der Waals surface area contributed by atoms with Gasteiger partial charge in [-0.15, -0.1) is 10.1 Å². The highest BCUT2D eigenvalue weighted by molar-refractivity contribution is 6.01. The topological polar surface area (TPSA) is 197 Å². The molecule has 13 nitrogen and oxygen atoms in total. The van der Waals surface area contributed by atoms with Crippen LogP contribution >= 0.6 is 0 Å². The van der Waals surface area contributed by atoms with Gasteiger partial charge in [-0.1, -0.05) is 31.9 Å². The number of carboxylic acids is 1. The third-order valence-electron chi connectivity index (χ3n) is 10.4. The van der Waals surface area contributed by atoms with Crippen LogP contribution in [0.1, 0.15) is 78.1 Å². The Morgan fingerprint density at radius 3 is 2.57 bits per heavy atom. The van der Waals surface area contributed by atoms with Gasteiger partial charge in [-0.2, -0.15) is 0 Å². The van der Waals surface area contributed by atoms with E-state index in [1.807, 2.05) is 13.0 Å². The van der Waals surface area contributed by atoms with E-state index in [-0.39, 0.29) is 48.8 Å². The Hall–Kier alpha value is -3.61. The molecule has 4 aliphatic carbocycles. The van der Waals surface area contributed by atoms with Crippen molar-refractivity contribution in [2.24, 2.45) is 34.5 Å². The van der Waals surface area contributed by atoms with Crippen LogP contribution in [0.5, 0.6) is 0 Å². The number of nitrogens with zero attached hydrogens (tertiary/aromatic N) is 1. The average molecular weight is 620 g/mol. The van der Waals surface area contributed by atoms with Crippen molar-refractivity contribution in [3.63, 3.8) is 0 Å². The Bertz CT molecular complexity index is 1240. The first-order chi connectivity index (χ1) is 20.8. The SMILES string of the molecule is CC12C=CC(=O)C=C1CCC1C2C(O)CC2(C)C(C(=O)COC(=O)CC(OC(=O)CCCCCO[N+](=O)[O-])C(=O)O)CCC12. The molecule has 0 amide bonds. The zero-order chi connectivity index (χ0) is 32.2. The first kappa shape index (κ1) is 33.3. The first-order valence-electron chi connectivity index (χ1n) is 15.3. The number of aliphatic hydroxyl groups excluding tert-OH is 1. The van der Waals surface area contributed by atoms with Crippen LogP contribution in [0, 0.1) is 44.6 Å². The summed E-state index contributed by atoms with van der Waals surface area (Å²) < 4.78 is 10.1. The third kappa shape index (κ3) is 7.03. The fourth-order valence-electron chi connectivity index (χ4n) is 8.40. The Kier molecular flexibility index (Phi) is 10.3. The van der Waals surface area contributed by atoms with Gasteiger partial charge in [-0.3, -0.25) is 19.2 Å². The highest BCUT2D eigenvalue weighted by Gasteiger charge is 2.62. The molecule has 0 aromatic carbocycles. The van der Waals surface area contributed by atoms with Gasteiger partial charge < -0.3 is 24.5 Å². The molecule has 0 spiro atoms. The summed E-state index contributed by atoms with van der Waals surface area (Å²) in [6.45, 7) is 3.45. The van der Waals surface area contributed by atoms with Crippen molar-refractivity contribution in [3.8, 4) is 0 Å². The van der Waals surface area contributed by atoms with Gasteiger partial charge in [0, 0.05) is 23.7 Å². The van der Waals surface area contributed by atoms with Crippen LogP contribution < -0.4 is 0 Å². The zero-order valence-electron chi connectivity index (χ0n) is 25.1. The number of aliphatic hydroxyl groups is 1. The maximum Gasteiger partial charge on any atom is 0.345 e. The van der Waals surface area contributed by atoms with E-state index in [0.29, 0.717) is 25.7 Å². The van der Waals surface area contributed by atoms with E-state index in [4.69, 9.17) is 9.47 Å². The number of hydrogen-bond donors (Lipinski definition) is 2. The summed E-state index contributed by atoms with van der Waals surface area (Å²) in [5.41, 5.74) is 0.148. The second-order valence-electron chi connectivity index (χ2n) is 12.9. The average Bonchev–Trinajstić information content (AvgIpc) is 3.29. The molecule has 0 aromatic rings. The number of ketones is 2. The quantitative estimate of drug-likeness (QED) is 0.125. The highest BCUT2D eigenvalue weighted by Crippen LogP contribution is 2.66. The van der Waals surface area contributed by atoms with E-state index in [2.05, 4.69) is 11.8 Å². The number of carbonyl (C=O) groups is 5. The fraction of sp³-hybridized carbons (Fsp3) is 0.710. The minimum atomic E-state index is -1.78. The molecule has 242 valence electrons. The lowest BCUT2D eigenvalue weighted by molar-refractivity contribution is -0.757. The maximum atomic E-state index is 13.4. The van der Waals surface area contributed by atoms with E-state index in [0.717, 1.165) is 24.8 Å². The standard InChI is InChI=1S/C31H41NO12/c1-30-12-11-19(33)14-18(30)7-8-20-21-9-10-22(31(21,2)16-23(34)28(20)30)24(35)17-42-27(37)15-25(29(38)39)44-26(36)6-4-3-5-13-43-32(40)41/h11-12,14,20-23,25,28,34H,3-10,13,15-17H2,1-2H3,(H,38,39). The molecule has 4 aliphatic rings. The van der Waals surface area contributed by atoms with Gasteiger partial charge in [0.15, 0.2) is 11.6 Å². The molecule has 0 aliphatic heterocycles. The number of fused-ring (bicyclic) bond motifs is 5. The molecule has 0 bridgehead atoms. The highest BCUT2D eigenvalue weighted by atomic mass is 16.9. The number of Topliss-reactive ketones (excluding diaryl/α,β-unsaturated/α-hetero) is 1. The van der Waals surface area contributed by atoms with Crippen LogP contribution in [0.15, 0.2) is 23.8 Å². The molecular formula is C31H41NO12. The molecule has 3 saturated carbocycles. The van der Waals surface area contributed by atoms with Gasteiger partial charge in [0.1, 0.15) is 6.61 Å². The normalized spacial score (nSPS) is 32.8. The third-order valence-corrected chi connectivity index (χ3v) is 10.4. The molecule has 0 heterocycles. The number of carbonyl (C=O) groups excluding carboxylic acids is 4. The molecule has 0 saturated heterocycles. The Morgan fingerprint density at radius 2 is 1.86 bits per heavy atom. The lowest BCUT2D eigenvalue weighted by Crippen LogP contribution is -2.56. The van der Waals surface area contributed by atoms with Gasteiger partial charge in [0.25, 0.3) is 5.09 Å². The van der Waals surface area contributed by atoms with Gasteiger partial charge in [-0.25, -0.2) is 4.79 Å².